The van der Waals surface area contributed by atoms with Crippen molar-refractivity contribution in [3.63, 3.8) is 0 Å². The maximum atomic E-state index is 12.1. The minimum atomic E-state index is 0.0506. The first-order chi connectivity index (χ1) is 10.6. The molecular weight excluding hydrogens is 319 g/mol. The molecule has 1 aliphatic carbocycles. The van der Waals surface area contributed by atoms with E-state index in [2.05, 4.69) is 10.3 Å². The van der Waals surface area contributed by atoms with Gasteiger partial charge in [0.2, 0.25) is 5.91 Å². The van der Waals surface area contributed by atoms with Crippen molar-refractivity contribution >= 4 is 29.1 Å². The predicted octanol–water partition coefficient (Wildman–Crippen LogP) is 3.85. The molecule has 0 unspecified atom stereocenters. The van der Waals surface area contributed by atoms with E-state index < -0.39 is 0 Å². The molecule has 1 aromatic carbocycles. The highest BCUT2D eigenvalue weighted by atomic mass is 35.5. The molecule has 1 aliphatic rings. The van der Waals surface area contributed by atoms with Crippen LogP contribution in [0.3, 0.4) is 0 Å². The van der Waals surface area contributed by atoms with Gasteiger partial charge in [0.1, 0.15) is 0 Å². The molecule has 5 heteroatoms. The number of pyridine rings is 1. The predicted molar refractivity (Wildman–Crippen MR) is 88.3 cm³/mol. The summed E-state index contributed by atoms with van der Waals surface area (Å²) in [6.45, 7) is 0.646. The molecule has 3 rings (SSSR count). The number of aromatic nitrogens is 1. The van der Waals surface area contributed by atoms with Crippen molar-refractivity contribution in [2.45, 2.75) is 18.8 Å². The van der Waals surface area contributed by atoms with Gasteiger partial charge in [0.25, 0.3) is 0 Å². The summed E-state index contributed by atoms with van der Waals surface area (Å²) in [5, 5.41) is 4.09. The highest BCUT2D eigenvalue weighted by Gasteiger charge is 2.43. The van der Waals surface area contributed by atoms with Crippen LogP contribution in [-0.4, -0.2) is 17.4 Å². The summed E-state index contributed by atoms with van der Waals surface area (Å²) < 4.78 is 0. The quantitative estimate of drug-likeness (QED) is 0.902. The Labute approximate surface area is 139 Å². The van der Waals surface area contributed by atoms with Gasteiger partial charge in [-0.05, 0) is 54.2 Å². The van der Waals surface area contributed by atoms with Gasteiger partial charge in [-0.25, -0.2) is 0 Å². The van der Waals surface area contributed by atoms with Crippen molar-refractivity contribution in [3.05, 3.63) is 63.9 Å². The van der Waals surface area contributed by atoms with E-state index >= 15 is 0 Å². The molecule has 1 amide bonds. The maximum Gasteiger partial charge on any atom is 0.223 e. The average Bonchev–Trinajstić information content (AvgIpc) is 3.32. The normalized spacial score (nSPS) is 19.7. The number of rotatable bonds is 5. The number of halogens is 2. The monoisotopic (exact) mass is 334 g/mol. The van der Waals surface area contributed by atoms with Crippen molar-refractivity contribution in [1.29, 1.82) is 0 Å². The molecule has 3 nitrogen and oxygen atoms in total. The Kier molecular flexibility index (Phi) is 4.65. The zero-order valence-electron chi connectivity index (χ0n) is 11.9. The number of amides is 1. The number of hydrogen-bond donors (Lipinski definition) is 1. The van der Waals surface area contributed by atoms with Crippen molar-refractivity contribution in [1.82, 2.24) is 10.3 Å². The number of hydrogen-bond acceptors (Lipinski definition) is 2. The first-order valence-corrected chi connectivity index (χ1v) is 8.02. The maximum absolute atomic E-state index is 12.1. The molecular formula is C17H16Cl2N2O. The van der Waals surface area contributed by atoms with Crippen LogP contribution in [-0.2, 0) is 11.2 Å². The van der Waals surface area contributed by atoms with Gasteiger partial charge in [-0.1, -0.05) is 29.3 Å². The lowest BCUT2D eigenvalue weighted by molar-refractivity contribution is -0.122. The number of benzene rings is 1. The summed E-state index contributed by atoms with van der Waals surface area (Å²) in [5.41, 5.74) is 2.26. The van der Waals surface area contributed by atoms with E-state index in [-0.39, 0.29) is 17.7 Å². The van der Waals surface area contributed by atoms with Crippen molar-refractivity contribution in [2.75, 3.05) is 6.54 Å². The van der Waals surface area contributed by atoms with Gasteiger partial charge >= 0.3 is 0 Å². The molecule has 1 N–H and O–H groups in total. The third-order valence-corrected chi connectivity index (χ3v) is 4.70. The van der Waals surface area contributed by atoms with E-state index in [4.69, 9.17) is 23.2 Å². The highest BCUT2D eigenvalue weighted by Crippen LogP contribution is 2.48. The van der Waals surface area contributed by atoms with Crippen LogP contribution in [0.2, 0.25) is 10.0 Å². The smallest absolute Gasteiger partial charge is 0.223 e. The molecule has 22 heavy (non-hydrogen) atoms. The summed E-state index contributed by atoms with van der Waals surface area (Å²) in [7, 11) is 0. The fourth-order valence-electron chi connectivity index (χ4n) is 2.61. The van der Waals surface area contributed by atoms with Crippen molar-refractivity contribution in [2.24, 2.45) is 5.92 Å². The standard InChI is InChI=1S/C17H16Cl2N2O/c18-15-2-1-12(9-16(15)19)13-10-14(13)17(22)21-8-5-11-3-6-20-7-4-11/h1-4,6-7,9,13-14H,5,8,10H2,(H,21,22)/t13-,14+/m0/s1. The summed E-state index contributed by atoms with van der Waals surface area (Å²) in [5.74, 6) is 0.426. The van der Waals surface area contributed by atoms with Crippen LogP contribution >= 0.6 is 23.2 Å². The lowest BCUT2D eigenvalue weighted by atomic mass is 10.1. The van der Waals surface area contributed by atoms with Gasteiger partial charge in [-0.3, -0.25) is 9.78 Å². The Morgan fingerprint density at radius 1 is 1.18 bits per heavy atom. The molecule has 2 aromatic rings. The Morgan fingerprint density at radius 3 is 2.68 bits per heavy atom. The van der Waals surface area contributed by atoms with Crippen LogP contribution in [0.5, 0.6) is 0 Å². The lowest BCUT2D eigenvalue weighted by Gasteiger charge is -2.06. The van der Waals surface area contributed by atoms with E-state index in [1.807, 2.05) is 24.3 Å². The summed E-state index contributed by atoms with van der Waals surface area (Å²) >= 11 is 11.9. The van der Waals surface area contributed by atoms with Crippen LogP contribution in [0.25, 0.3) is 0 Å². The zero-order chi connectivity index (χ0) is 15.5. The fourth-order valence-corrected chi connectivity index (χ4v) is 2.91. The number of nitrogens with one attached hydrogen (secondary N) is 1. The minimum Gasteiger partial charge on any atom is -0.356 e. The summed E-state index contributed by atoms with van der Waals surface area (Å²) in [4.78, 5) is 16.1. The van der Waals surface area contributed by atoms with E-state index in [1.165, 1.54) is 5.56 Å². The minimum absolute atomic E-state index is 0.0506. The molecule has 1 saturated carbocycles. The van der Waals surface area contributed by atoms with E-state index in [9.17, 15) is 4.79 Å². The molecule has 1 aromatic heterocycles. The van der Waals surface area contributed by atoms with Crippen molar-refractivity contribution in [3.8, 4) is 0 Å². The summed E-state index contributed by atoms with van der Waals surface area (Å²) in [6.07, 6.45) is 5.22. The topological polar surface area (TPSA) is 42.0 Å². The van der Waals surface area contributed by atoms with Crippen LogP contribution in [0.1, 0.15) is 23.5 Å². The van der Waals surface area contributed by atoms with E-state index in [0.717, 1.165) is 18.4 Å². The van der Waals surface area contributed by atoms with Gasteiger partial charge in [-0.2, -0.15) is 0 Å². The lowest BCUT2D eigenvalue weighted by Crippen LogP contribution is -2.27. The molecule has 0 saturated heterocycles. The molecule has 1 fully saturated rings. The first kappa shape index (κ1) is 15.3. The number of carbonyl (C=O) groups is 1. The third kappa shape index (κ3) is 3.60. The van der Waals surface area contributed by atoms with Crippen LogP contribution in [0.15, 0.2) is 42.7 Å². The Morgan fingerprint density at radius 2 is 1.95 bits per heavy atom. The fraction of sp³-hybridized carbons (Fsp3) is 0.294. The Bertz CT molecular complexity index is 676. The van der Waals surface area contributed by atoms with Crippen LogP contribution in [0, 0.1) is 5.92 Å². The zero-order valence-corrected chi connectivity index (χ0v) is 13.4. The Balaban J connectivity index is 1.49. The molecule has 1 heterocycles. The Hall–Kier alpha value is -1.58. The average molecular weight is 335 g/mol. The second kappa shape index (κ2) is 6.67. The third-order valence-electron chi connectivity index (χ3n) is 3.96. The SMILES string of the molecule is O=C(NCCc1ccncc1)[C@@H]1C[C@H]1c1ccc(Cl)c(Cl)c1. The second-order valence-corrected chi connectivity index (χ2v) is 6.33. The van der Waals surface area contributed by atoms with E-state index in [0.29, 0.717) is 16.6 Å². The van der Waals surface area contributed by atoms with Gasteiger partial charge in [-0.15, -0.1) is 0 Å². The number of carbonyl (C=O) groups excluding carboxylic acids is 1. The number of nitrogens with zero attached hydrogens (tertiary/aromatic N) is 1. The van der Waals surface area contributed by atoms with Gasteiger partial charge in [0, 0.05) is 24.9 Å². The molecule has 0 spiro atoms. The molecule has 0 bridgehead atoms. The molecule has 114 valence electrons. The second-order valence-electron chi connectivity index (χ2n) is 5.52. The molecule has 2 atom stereocenters. The van der Waals surface area contributed by atoms with Crippen LogP contribution in [0.4, 0.5) is 0 Å². The molecule has 0 aliphatic heterocycles. The summed E-state index contributed by atoms with van der Waals surface area (Å²) in [6, 6.07) is 9.52. The van der Waals surface area contributed by atoms with Crippen LogP contribution < -0.4 is 5.32 Å². The highest BCUT2D eigenvalue weighted by molar-refractivity contribution is 6.42. The van der Waals surface area contributed by atoms with Gasteiger partial charge < -0.3 is 5.32 Å². The van der Waals surface area contributed by atoms with Gasteiger partial charge in [0.05, 0.1) is 10.0 Å². The largest absolute Gasteiger partial charge is 0.356 e. The van der Waals surface area contributed by atoms with Gasteiger partial charge in [0.15, 0.2) is 0 Å². The van der Waals surface area contributed by atoms with E-state index in [1.54, 1.807) is 18.5 Å². The first-order valence-electron chi connectivity index (χ1n) is 7.26. The molecule has 0 radical (unpaired) electrons. The van der Waals surface area contributed by atoms with Crippen molar-refractivity contribution < 1.29 is 4.79 Å².